The Balaban J connectivity index is 1.53. The summed E-state index contributed by atoms with van der Waals surface area (Å²) >= 11 is 0. The zero-order valence-corrected chi connectivity index (χ0v) is 16.7. The van der Waals surface area contributed by atoms with Crippen LogP contribution in [0.1, 0.15) is 25.3 Å². The number of amides is 2. The molecular weight excluding hydrogens is 384 g/mol. The van der Waals surface area contributed by atoms with Gasteiger partial charge in [-0.1, -0.05) is 17.7 Å². The molecule has 1 N–H and O–H groups in total. The highest BCUT2D eigenvalue weighted by molar-refractivity contribution is 7.91. The molecule has 0 saturated carbocycles. The molecule has 0 bridgehead atoms. The minimum Gasteiger partial charge on any atom is -0.452 e. The second kappa shape index (κ2) is 7.90. The average molecular weight is 408 g/mol. The van der Waals surface area contributed by atoms with Crippen LogP contribution < -0.4 is 10.2 Å². The Kier molecular flexibility index (Phi) is 5.74. The van der Waals surface area contributed by atoms with Crippen LogP contribution in [0.3, 0.4) is 0 Å². The van der Waals surface area contributed by atoms with Crippen molar-refractivity contribution < 1.29 is 27.5 Å². The van der Waals surface area contributed by atoms with Crippen molar-refractivity contribution in [3.63, 3.8) is 0 Å². The molecule has 0 aliphatic carbocycles. The quantitative estimate of drug-likeness (QED) is 0.714. The van der Waals surface area contributed by atoms with E-state index in [-0.39, 0.29) is 30.4 Å². The number of ether oxygens (including phenoxy) is 1. The zero-order chi connectivity index (χ0) is 20.5. The lowest BCUT2D eigenvalue weighted by atomic mass is 10.1. The lowest BCUT2D eigenvalue weighted by Crippen LogP contribution is -2.43. The third kappa shape index (κ3) is 4.70. The molecule has 9 heteroatoms. The number of hydrogen-bond donors (Lipinski definition) is 1. The molecule has 2 saturated heterocycles. The lowest BCUT2D eigenvalue weighted by Gasteiger charge is -2.19. The number of esters is 1. The normalized spacial score (nSPS) is 24.8. The zero-order valence-electron chi connectivity index (χ0n) is 15.9. The first-order chi connectivity index (χ1) is 13.1. The van der Waals surface area contributed by atoms with Crippen LogP contribution in [0.4, 0.5) is 5.69 Å². The highest BCUT2D eigenvalue weighted by atomic mass is 32.2. The van der Waals surface area contributed by atoms with Gasteiger partial charge in [0.05, 0.1) is 17.4 Å². The van der Waals surface area contributed by atoms with E-state index in [9.17, 15) is 22.8 Å². The number of benzene rings is 1. The maximum Gasteiger partial charge on any atom is 0.312 e. The number of aryl methyl sites for hydroxylation is 1. The first kappa shape index (κ1) is 20.3. The van der Waals surface area contributed by atoms with Crippen molar-refractivity contribution in [3.05, 3.63) is 29.8 Å². The second-order valence-electron chi connectivity index (χ2n) is 7.43. The molecule has 2 heterocycles. The molecule has 3 atom stereocenters. The molecule has 0 aromatic heterocycles. The van der Waals surface area contributed by atoms with Crippen molar-refractivity contribution in [1.82, 2.24) is 5.32 Å². The molecule has 2 fully saturated rings. The summed E-state index contributed by atoms with van der Waals surface area (Å²) in [6.45, 7) is 3.59. The number of hydrogen-bond acceptors (Lipinski definition) is 6. The van der Waals surface area contributed by atoms with E-state index in [4.69, 9.17) is 4.74 Å². The number of carbonyl (C=O) groups excluding carboxylic acids is 3. The van der Waals surface area contributed by atoms with E-state index in [0.29, 0.717) is 6.42 Å². The Bertz CT molecular complexity index is 880. The minimum absolute atomic E-state index is 0.0297. The molecule has 28 heavy (non-hydrogen) atoms. The van der Waals surface area contributed by atoms with Gasteiger partial charge in [0, 0.05) is 24.7 Å². The van der Waals surface area contributed by atoms with Gasteiger partial charge in [-0.25, -0.2) is 8.42 Å². The minimum atomic E-state index is -3.11. The van der Waals surface area contributed by atoms with Crippen molar-refractivity contribution in [1.29, 1.82) is 0 Å². The smallest absolute Gasteiger partial charge is 0.312 e. The predicted octanol–water partition coefficient (Wildman–Crippen LogP) is 0.583. The van der Waals surface area contributed by atoms with Crippen LogP contribution in [0.15, 0.2) is 24.3 Å². The maximum atomic E-state index is 12.4. The van der Waals surface area contributed by atoms with Crippen LogP contribution >= 0.6 is 0 Å². The number of rotatable bonds is 5. The number of nitrogens with zero attached hydrogens (tertiary/aromatic N) is 1. The molecule has 0 spiro atoms. The molecule has 152 valence electrons. The van der Waals surface area contributed by atoms with E-state index in [1.165, 1.54) is 6.92 Å². The molecule has 1 aromatic rings. The van der Waals surface area contributed by atoms with Crippen molar-refractivity contribution in [2.75, 3.05) is 23.0 Å². The Hall–Kier alpha value is -2.42. The molecule has 2 aliphatic rings. The van der Waals surface area contributed by atoms with Gasteiger partial charge in [-0.15, -0.1) is 0 Å². The number of anilines is 1. The van der Waals surface area contributed by atoms with E-state index in [0.717, 1.165) is 11.3 Å². The van der Waals surface area contributed by atoms with Gasteiger partial charge in [0.25, 0.3) is 5.91 Å². The lowest BCUT2D eigenvalue weighted by molar-refractivity contribution is -0.158. The van der Waals surface area contributed by atoms with Crippen LogP contribution in [0.5, 0.6) is 0 Å². The van der Waals surface area contributed by atoms with Gasteiger partial charge >= 0.3 is 5.97 Å². The number of nitrogens with one attached hydrogen (secondary N) is 1. The van der Waals surface area contributed by atoms with E-state index in [1.54, 1.807) is 4.90 Å². The SMILES string of the molecule is Cc1ccc(N2C[C@H](C(=O)O[C@@H](C)C(=O)N[C@@H]3CCS(=O)(=O)C3)CC2=O)cc1. The van der Waals surface area contributed by atoms with Crippen molar-refractivity contribution in [2.45, 2.75) is 38.8 Å². The molecule has 2 aliphatic heterocycles. The van der Waals surface area contributed by atoms with Gasteiger partial charge in [-0.2, -0.15) is 0 Å². The fourth-order valence-electron chi connectivity index (χ4n) is 3.39. The van der Waals surface area contributed by atoms with Crippen LogP contribution in [0.2, 0.25) is 0 Å². The van der Waals surface area contributed by atoms with E-state index < -0.39 is 39.8 Å². The van der Waals surface area contributed by atoms with E-state index in [1.807, 2.05) is 31.2 Å². The summed E-state index contributed by atoms with van der Waals surface area (Å²) in [5, 5.41) is 2.61. The van der Waals surface area contributed by atoms with Gasteiger partial charge in [0.2, 0.25) is 5.91 Å². The van der Waals surface area contributed by atoms with Crippen LogP contribution in [0, 0.1) is 12.8 Å². The summed E-state index contributed by atoms with van der Waals surface area (Å²) < 4.78 is 28.2. The monoisotopic (exact) mass is 408 g/mol. The Labute approximate surface area is 164 Å². The topological polar surface area (TPSA) is 110 Å². The number of sulfone groups is 1. The molecule has 3 rings (SSSR count). The molecule has 8 nitrogen and oxygen atoms in total. The van der Waals surface area contributed by atoms with E-state index in [2.05, 4.69) is 5.32 Å². The fraction of sp³-hybridized carbons (Fsp3) is 0.526. The largest absolute Gasteiger partial charge is 0.452 e. The summed E-state index contributed by atoms with van der Waals surface area (Å²) in [5.41, 5.74) is 1.79. The Morgan fingerprint density at radius 3 is 2.54 bits per heavy atom. The van der Waals surface area contributed by atoms with Crippen molar-refractivity contribution >= 4 is 33.3 Å². The summed E-state index contributed by atoms with van der Waals surface area (Å²) in [4.78, 5) is 38.4. The molecule has 0 radical (unpaired) electrons. The van der Waals surface area contributed by atoms with Gasteiger partial charge in [0.15, 0.2) is 15.9 Å². The van der Waals surface area contributed by atoms with Gasteiger partial charge in [-0.05, 0) is 32.4 Å². The van der Waals surface area contributed by atoms with Gasteiger partial charge in [0.1, 0.15) is 0 Å². The summed E-state index contributed by atoms with van der Waals surface area (Å²) in [6, 6.07) is 6.98. The standard InChI is InChI=1S/C19H24N2O6S/c1-12-3-5-16(6-4-12)21-10-14(9-17(21)22)19(24)27-13(2)18(23)20-15-7-8-28(25,26)11-15/h3-6,13-15H,7-11H2,1-2H3,(H,20,23)/t13-,14+,15+/m0/s1. The Morgan fingerprint density at radius 1 is 1.25 bits per heavy atom. The second-order valence-corrected chi connectivity index (χ2v) is 9.66. The van der Waals surface area contributed by atoms with Crippen LogP contribution in [-0.2, 0) is 29.0 Å². The van der Waals surface area contributed by atoms with E-state index >= 15 is 0 Å². The van der Waals surface area contributed by atoms with Gasteiger partial charge < -0.3 is 15.0 Å². The fourth-order valence-corrected chi connectivity index (χ4v) is 5.06. The first-order valence-corrected chi connectivity index (χ1v) is 11.0. The van der Waals surface area contributed by atoms with Crippen LogP contribution in [0.25, 0.3) is 0 Å². The molecule has 0 unspecified atom stereocenters. The third-order valence-electron chi connectivity index (χ3n) is 5.04. The first-order valence-electron chi connectivity index (χ1n) is 9.23. The number of carbonyl (C=O) groups is 3. The van der Waals surface area contributed by atoms with Crippen LogP contribution in [-0.4, -0.2) is 56.4 Å². The molecule has 1 aromatic carbocycles. The van der Waals surface area contributed by atoms with Crippen molar-refractivity contribution in [2.24, 2.45) is 5.92 Å². The van der Waals surface area contributed by atoms with Crippen molar-refractivity contribution in [3.8, 4) is 0 Å². The Morgan fingerprint density at radius 2 is 1.93 bits per heavy atom. The highest BCUT2D eigenvalue weighted by Gasteiger charge is 2.38. The predicted molar refractivity (Wildman–Crippen MR) is 102 cm³/mol. The molecule has 2 amide bonds. The summed E-state index contributed by atoms with van der Waals surface area (Å²) in [7, 11) is -3.11. The maximum absolute atomic E-state index is 12.4. The summed E-state index contributed by atoms with van der Waals surface area (Å²) in [6.07, 6.45) is -0.668. The van der Waals surface area contributed by atoms with Gasteiger partial charge in [-0.3, -0.25) is 14.4 Å². The summed E-state index contributed by atoms with van der Waals surface area (Å²) in [5.74, 6) is -2.00. The highest BCUT2D eigenvalue weighted by Crippen LogP contribution is 2.26. The molecular formula is C19H24N2O6S. The average Bonchev–Trinajstić information content (AvgIpc) is 3.17. The third-order valence-corrected chi connectivity index (χ3v) is 6.81.